The third kappa shape index (κ3) is 4.12. The van der Waals surface area contributed by atoms with Crippen molar-refractivity contribution >= 4 is 11.9 Å². The van der Waals surface area contributed by atoms with Crippen molar-refractivity contribution in [3.8, 4) is 5.75 Å². The van der Waals surface area contributed by atoms with Gasteiger partial charge in [-0.05, 0) is 18.2 Å². The largest absolute Gasteiger partial charge is 0.494 e. The van der Waals surface area contributed by atoms with Crippen molar-refractivity contribution in [2.24, 2.45) is 0 Å². The van der Waals surface area contributed by atoms with E-state index in [1.54, 1.807) is 30.3 Å². The van der Waals surface area contributed by atoms with Crippen molar-refractivity contribution in [1.82, 2.24) is 0 Å². The van der Waals surface area contributed by atoms with E-state index in [0.29, 0.717) is 5.75 Å². The Bertz CT molecular complexity index is 761. The first kappa shape index (κ1) is 19.3. The van der Waals surface area contributed by atoms with Crippen molar-refractivity contribution in [2.45, 2.75) is 12.0 Å². The number of rotatable bonds is 6. The standard InChI is InChI=1S/C19H20O7/c1-23-15(20)10-12-19(22)11-9-14(16(24-2)17(19)25-3)18(21)26-13-7-5-4-6-8-13/h4-10,12,22H,11H2,1-3H3/b12-10+. The molecule has 1 aromatic rings. The number of methoxy groups -OCH3 is 3. The second-order valence-corrected chi connectivity index (χ2v) is 5.37. The Hall–Kier alpha value is -3.06. The van der Waals surface area contributed by atoms with E-state index in [-0.39, 0.29) is 23.5 Å². The third-order valence-corrected chi connectivity index (χ3v) is 3.74. The van der Waals surface area contributed by atoms with E-state index >= 15 is 0 Å². The van der Waals surface area contributed by atoms with Gasteiger partial charge < -0.3 is 24.1 Å². The van der Waals surface area contributed by atoms with Crippen molar-refractivity contribution in [3.63, 3.8) is 0 Å². The van der Waals surface area contributed by atoms with Crippen LogP contribution in [-0.2, 0) is 23.8 Å². The number of ether oxygens (including phenoxy) is 4. The van der Waals surface area contributed by atoms with Crippen molar-refractivity contribution in [1.29, 1.82) is 0 Å². The molecule has 138 valence electrons. The van der Waals surface area contributed by atoms with Gasteiger partial charge in [-0.3, -0.25) is 0 Å². The average Bonchev–Trinajstić information content (AvgIpc) is 2.66. The first-order valence-corrected chi connectivity index (χ1v) is 7.75. The second kappa shape index (κ2) is 8.35. The highest BCUT2D eigenvalue weighted by Gasteiger charge is 2.40. The van der Waals surface area contributed by atoms with E-state index in [9.17, 15) is 14.7 Å². The second-order valence-electron chi connectivity index (χ2n) is 5.37. The SMILES string of the molecule is COC(=O)/C=C/C1(O)CC=C(C(=O)Oc2ccccc2)C(OC)=C1OC. The average molecular weight is 360 g/mol. The first-order valence-electron chi connectivity index (χ1n) is 7.75. The van der Waals surface area contributed by atoms with Gasteiger partial charge in [0.1, 0.15) is 16.9 Å². The molecule has 1 aliphatic rings. The topological polar surface area (TPSA) is 91.3 Å². The Morgan fingerprint density at radius 1 is 1.12 bits per heavy atom. The summed E-state index contributed by atoms with van der Waals surface area (Å²) >= 11 is 0. The summed E-state index contributed by atoms with van der Waals surface area (Å²) in [7, 11) is 3.90. The van der Waals surface area contributed by atoms with Gasteiger partial charge >= 0.3 is 11.9 Å². The first-order chi connectivity index (χ1) is 12.4. The van der Waals surface area contributed by atoms with Crippen LogP contribution in [0.3, 0.4) is 0 Å². The minimum absolute atomic E-state index is 0.0114. The number of benzene rings is 1. The van der Waals surface area contributed by atoms with Crippen LogP contribution in [-0.4, -0.2) is 44.0 Å². The number of hydrogen-bond donors (Lipinski definition) is 1. The van der Waals surface area contributed by atoms with Gasteiger partial charge in [0, 0.05) is 12.5 Å². The summed E-state index contributed by atoms with van der Waals surface area (Å²) in [4.78, 5) is 23.8. The van der Waals surface area contributed by atoms with Crippen LogP contribution in [0.1, 0.15) is 6.42 Å². The lowest BCUT2D eigenvalue weighted by Crippen LogP contribution is -2.35. The Balaban J connectivity index is 2.33. The minimum Gasteiger partial charge on any atom is -0.494 e. The Morgan fingerprint density at radius 3 is 2.38 bits per heavy atom. The zero-order valence-electron chi connectivity index (χ0n) is 14.7. The highest BCUT2D eigenvalue weighted by Crippen LogP contribution is 2.36. The summed E-state index contributed by atoms with van der Waals surface area (Å²) in [5.74, 6) is -0.897. The fourth-order valence-electron chi connectivity index (χ4n) is 2.48. The molecule has 0 saturated carbocycles. The molecule has 2 rings (SSSR count). The van der Waals surface area contributed by atoms with Crippen LogP contribution < -0.4 is 4.74 Å². The number of hydrogen-bond acceptors (Lipinski definition) is 7. The Kier molecular flexibility index (Phi) is 6.19. The van der Waals surface area contributed by atoms with E-state index in [0.717, 1.165) is 6.08 Å². The molecule has 7 nitrogen and oxygen atoms in total. The summed E-state index contributed by atoms with van der Waals surface area (Å²) in [6, 6.07) is 8.56. The fourth-order valence-corrected chi connectivity index (χ4v) is 2.48. The molecule has 0 spiro atoms. The van der Waals surface area contributed by atoms with E-state index < -0.39 is 17.5 Å². The number of aliphatic hydroxyl groups is 1. The lowest BCUT2D eigenvalue weighted by atomic mass is 9.88. The lowest BCUT2D eigenvalue weighted by molar-refractivity contribution is -0.135. The lowest BCUT2D eigenvalue weighted by Gasteiger charge is -2.31. The molecule has 0 heterocycles. The van der Waals surface area contributed by atoms with Gasteiger partial charge in [-0.2, -0.15) is 0 Å². The zero-order chi connectivity index (χ0) is 19.2. The quantitative estimate of drug-likeness (QED) is 0.470. The molecular weight excluding hydrogens is 340 g/mol. The molecule has 0 bridgehead atoms. The third-order valence-electron chi connectivity index (χ3n) is 3.74. The normalized spacial score (nSPS) is 19.8. The molecule has 0 aliphatic heterocycles. The molecular formula is C19H20O7. The predicted octanol–water partition coefficient (Wildman–Crippen LogP) is 1.89. The Morgan fingerprint density at radius 2 is 1.81 bits per heavy atom. The van der Waals surface area contributed by atoms with E-state index in [1.807, 2.05) is 0 Å². The molecule has 0 saturated heterocycles. The van der Waals surface area contributed by atoms with Gasteiger partial charge in [0.15, 0.2) is 11.5 Å². The van der Waals surface area contributed by atoms with Gasteiger partial charge in [0.25, 0.3) is 0 Å². The number of carbonyl (C=O) groups is 2. The number of esters is 2. The van der Waals surface area contributed by atoms with Gasteiger partial charge in [0.2, 0.25) is 0 Å². The van der Waals surface area contributed by atoms with Crippen LogP contribution in [0.25, 0.3) is 0 Å². The van der Waals surface area contributed by atoms with Gasteiger partial charge in [-0.1, -0.05) is 24.3 Å². The van der Waals surface area contributed by atoms with Crippen LogP contribution in [0.2, 0.25) is 0 Å². The number of carbonyl (C=O) groups excluding carboxylic acids is 2. The summed E-state index contributed by atoms with van der Waals surface area (Å²) in [6.07, 6.45) is 3.75. The van der Waals surface area contributed by atoms with Crippen LogP contribution in [0.5, 0.6) is 5.75 Å². The molecule has 1 aliphatic carbocycles. The van der Waals surface area contributed by atoms with Crippen LogP contribution in [0.4, 0.5) is 0 Å². The maximum atomic E-state index is 12.5. The highest BCUT2D eigenvalue weighted by molar-refractivity contribution is 5.95. The van der Waals surface area contributed by atoms with Crippen molar-refractivity contribution < 1.29 is 33.6 Å². The van der Waals surface area contributed by atoms with E-state index in [4.69, 9.17) is 14.2 Å². The molecule has 0 aromatic heterocycles. The van der Waals surface area contributed by atoms with E-state index in [2.05, 4.69) is 4.74 Å². The van der Waals surface area contributed by atoms with Crippen LogP contribution >= 0.6 is 0 Å². The van der Waals surface area contributed by atoms with Gasteiger partial charge in [-0.25, -0.2) is 9.59 Å². The smallest absolute Gasteiger partial charge is 0.347 e. The summed E-state index contributed by atoms with van der Waals surface area (Å²) in [5, 5.41) is 10.8. The van der Waals surface area contributed by atoms with Gasteiger partial charge in [-0.15, -0.1) is 0 Å². The molecule has 1 N–H and O–H groups in total. The minimum atomic E-state index is -1.66. The van der Waals surface area contributed by atoms with Crippen LogP contribution in [0.15, 0.2) is 65.7 Å². The summed E-state index contributed by atoms with van der Waals surface area (Å²) < 4.78 is 20.4. The molecule has 7 heteroatoms. The molecule has 0 fully saturated rings. The maximum absolute atomic E-state index is 12.5. The molecule has 1 atom stereocenters. The monoisotopic (exact) mass is 360 g/mol. The fraction of sp³-hybridized carbons (Fsp3) is 0.263. The molecule has 0 amide bonds. The van der Waals surface area contributed by atoms with Crippen molar-refractivity contribution in [2.75, 3.05) is 21.3 Å². The van der Waals surface area contributed by atoms with Crippen LogP contribution in [0, 0.1) is 0 Å². The molecule has 26 heavy (non-hydrogen) atoms. The summed E-state index contributed by atoms with van der Waals surface area (Å²) in [5.41, 5.74) is -1.55. The van der Waals surface area contributed by atoms with Crippen molar-refractivity contribution in [3.05, 3.63) is 65.7 Å². The summed E-state index contributed by atoms with van der Waals surface area (Å²) in [6.45, 7) is 0. The Labute approximate surface area is 151 Å². The highest BCUT2D eigenvalue weighted by atomic mass is 16.5. The molecule has 0 radical (unpaired) electrons. The maximum Gasteiger partial charge on any atom is 0.347 e. The number of para-hydroxylation sites is 1. The molecule has 1 aromatic carbocycles. The zero-order valence-corrected chi connectivity index (χ0v) is 14.7. The van der Waals surface area contributed by atoms with E-state index in [1.165, 1.54) is 33.5 Å². The molecule has 1 unspecified atom stereocenters. The predicted molar refractivity (Wildman–Crippen MR) is 91.9 cm³/mol. The van der Waals surface area contributed by atoms with Gasteiger partial charge in [0.05, 0.1) is 21.3 Å².